The Bertz CT molecular complexity index is 739. The maximum absolute atomic E-state index is 9.25. The average Bonchev–Trinajstić information content (AvgIpc) is 2.62. The zero-order chi connectivity index (χ0) is 15.4. The molecule has 0 heterocycles. The molecule has 0 spiro atoms. The van der Waals surface area contributed by atoms with Gasteiger partial charge in [-0.05, 0) is 21.5 Å². The predicted octanol–water partition coefficient (Wildman–Crippen LogP) is 2.93. The van der Waals surface area contributed by atoms with Crippen LogP contribution >= 0.6 is 6.04 Å². The second-order valence-corrected chi connectivity index (χ2v) is 9.52. The minimum Gasteiger partial charge on any atom is -0.392 e. The number of hydrogen-bond donors (Lipinski definition) is 1. The standard InChI is InChI=1S/C19H17OPS/c20-15-16-11-13-19(14-12-16)21(22,17-7-3-1-4-8-17)18-9-5-2-6-10-18/h1-14,20H,15H2. The zero-order valence-electron chi connectivity index (χ0n) is 12.1. The lowest BCUT2D eigenvalue weighted by Crippen LogP contribution is -2.24. The molecule has 0 amide bonds. The van der Waals surface area contributed by atoms with Crippen LogP contribution in [0.4, 0.5) is 0 Å². The van der Waals surface area contributed by atoms with Crippen LogP contribution in [0.15, 0.2) is 84.9 Å². The minimum atomic E-state index is -2.06. The fraction of sp³-hybridized carbons (Fsp3) is 0.0526. The Hall–Kier alpha value is -1.73. The molecule has 0 aliphatic rings. The van der Waals surface area contributed by atoms with Crippen molar-refractivity contribution in [2.45, 2.75) is 6.61 Å². The van der Waals surface area contributed by atoms with Gasteiger partial charge in [-0.1, -0.05) is 96.7 Å². The van der Waals surface area contributed by atoms with E-state index in [1.807, 2.05) is 48.5 Å². The topological polar surface area (TPSA) is 20.2 Å². The van der Waals surface area contributed by atoms with Gasteiger partial charge in [0.05, 0.1) is 6.61 Å². The Kier molecular flexibility index (Phi) is 4.54. The van der Waals surface area contributed by atoms with Gasteiger partial charge in [-0.2, -0.15) is 0 Å². The molecular weight excluding hydrogens is 307 g/mol. The highest BCUT2D eigenvalue weighted by atomic mass is 32.4. The van der Waals surface area contributed by atoms with Crippen LogP contribution in [0.1, 0.15) is 5.56 Å². The van der Waals surface area contributed by atoms with E-state index in [-0.39, 0.29) is 6.61 Å². The van der Waals surface area contributed by atoms with Gasteiger partial charge in [-0.25, -0.2) is 0 Å². The van der Waals surface area contributed by atoms with Crippen molar-refractivity contribution >= 4 is 33.8 Å². The summed E-state index contributed by atoms with van der Waals surface area (Å²) in [5.41, 5.74) is 0.909. The highest BCUT2D eigenvalue weighted by molar-refractivity contribution is 8.25. The van der Waals surface area contributed by atoms with Crippen molar-refractivity contribution in [3.05, 3.63) is 90.5 Å². The summed E-state index contributed by atoms with van der Waals surface area (Å²) < 4.78 is 0. The molecule has 0 radical (unpaired) electrons. The predicted molar refractivity (Wildman–Crippen MR) is 98.4 cm³/mol. The van der Waals surface area contributed by atoms with E-state index in [4.69, 9.17) is 11.8 Å². The summed E-state index contributed by atoms with van der Waals surface area (Å²) in [5.74, 6) is 0. The molecule has 3 aromatic rings. The van der Waals surface area contributed by atoms with Crippen molar-refractivity contribution in [1.29, 1.82) is 0 Å². The van der Waals surface area contributed by atoms with Crippen molar-refractivity contribution in [2.75, 3.05) is 0 Å². The fourth-order valence-corrected chi connectivity index (χ4v) is 6.28. The molecule has 3 heteroatoms. The first-order valence-corrected chi connectivity index (χ1v) is 9.97. The largest absolute Gasteiger partial charge is 0.392 e. The average molecular weight is 324 g/mol. The number of hydrogen-bond acceptors (Lipinski definition) is 2. The molecule has 1 N–H and O–H groups in total. The van der Waals surface area contributed by atoms with Crippen LogP contribution in [0.3, 0.4) is 0 Å². The molecule has 0 unspecified atom stereocenters. The summed E-state index contributed by atoms with van der Waals surface area (Å²) in [5, 5.41) is 12.8. The van der Waals surface area contributed by atoms with Gasteiger partial charge in [0.2, 0.25) is 0 Å². The van der Waals surface area contributed by atoms with Crippen LogP contribution < -0.4 is 15.9 Å². The van der Waals surface area contributed by atoms with Crippen molar-refractivity contribution in [3.8, 4) is 0 Å². The second kappa shape index (κ2) is 6.58. The van der Waals surface area contributed by atoms with Crippen LogP contribution in [0.25, 0.3) is 0 Å². The summed E-state index contributed by atoms with van der Waals surface area (Å²) in [4.78, 5) is 0. The maximum atomic E-state index is 9.25. The lowest BCUT2D eigenvalue weighted by molar-refractivity contribution is 0.282. The van der Waals surface area contributed by atoms with E-state index in [1.54, 1.807) is 0 Å². The summed E-state index contributed by atoms with van der Waals surface area (Å²) >= 11 is 6.23. The van der Waals surface area contributed by atoms with E-state index in [2.05, 4.69) is 36.4 Å². The first-order valence-electron chi connectivity index (χ1n) is 7.17. The van der Waals surface area contributed by atoms with Gasteiger partial charge in [0.1, 0.15) is 0 Å². The molecule has 0 saturated carbocycles. The molecule has 3 aromatic carbocycles. The molecule has 1 nitrogen and oxygen atoms in total. The van der Waals surface area contributed by atoms with E-state index < -0.39 is 6.04 Å². The van der Waals surface area contributed by atoms with E-state index >= 15 is 0 Å². The normalized spacial score (nSPS) is 11.3. The Morgan fingerprint density at radius 1 is 0.636 bits per heavy atom. The first kappa shape index (κ1) is 15.2. The molecular formula is C19H17OPS. The SMILES string of the molecule is OCc1ccc(P(=S)(c2ccccc2)c2ccccc2)cc1. The highest BCUT2D eigenvalue weighted by Gasteiger charge is 2.24. The smallest absolute Gasteiger partial charge is 0.0681 e. The number of aliphatic hydroxyl groups is 1. The van der Waals surface area contributed by atoms with Crippen molar-refractivity contribution in [3.63, 3.8) is 0 Å². The third-order valence-corrected chi connectivity index (χ3v) is 8.70. The lowest BCUT2D eigenvalue weighted by atomic mass is 10.2. The molecule has 0 bridgehead atoms. The zero-order valence-corrected chi connectivity index (χ0v) is 13.8. The van der Waals surface area contributed by atoms with Crippen LogP contribution in [0.2, 0.25) is 0 Å². The molecule has 0 aliphatic carbocycles. The Morgan fingerprint density at radius 3 is 1.45 bits per heavy atom. The second-order valence-electron chi connectivity index (χ2n) is 5.10. The third kappa shape index (κ3) is 2.78. The van der Waals surface area contributed by atoms with E-state index in [9.17, 15) is 5.11 Å². The molecule has 0 atom stereocenters. The lowest BCUT2D eigenvalue weighted by Gasteiger charge is -2.24. The number of rotatable bonds is 4. The number of aliphatic hydroxyl groups excluding tert-OH is 1. The van der Waals surface area contributed by atoms with E-state index in [0.717, 1.165) is 10.9 Å². The van der Waals surface area contributed by atoms with Crippen LogP contribution in [0, 0.1) is 0 Å². The van der Waals surface area contributed by atoms with Crippen molar-refractivity contribution in [1.82, 2.24) is 0 Å². The summed E-state index contributed by atoms with van der Waals surface area (Å²) in [6.45, 7) is 0.0554. The molecule has 0 fully saturated rings. The van der Waals surface area contributed by atoms with Crippen LogP contribution in [-0.4, -0.2) is 5.11 Å². The summed E-state index contributed by atoms with van der Waals surface area (Å²) in [7, 11) is 0. The highest BCUT2D eigenvalue weighted by Crippen LogP contribution is 2.42. The maximum Gasteiger partial charge on any atom is 0.0681 e. The Labute approximate surface area is 136 Å². The van der Waals surface area contributed by atoms with Gasteiger partial charge >= 0.3 is 0 Å². The fourth-order valence-electron chi connectivity index (χ4n) is 2.53. The Balaban J connectivity index is 2.21. The van der Waals surface area contributed by atoms with Gasteiger partial charge in [0.15, 0.2) is 0 Å². The van der Waals surface area contributed by atoms with Crippen molar-refractivity contribution in [2.24, 2.45) is 0 Å². The monoisotopic (exact) mass is 324 g/mol. The number of benzene rings is 3. The molecule has 0 aromatic heterocycles. The van der Waals surface area contributed by atoms with Crippen LogP contribution in [0.5, 0.6) is 0 Å². The summed E-state index contributed by atoms with van der Waals surface area (Å²) in [6, 6.07) is 26.7. The van der Waals surface area contributed by atoms with Gasteiger partial charge in [-0.15, -0.1) is 0 Å². The first-order chi connectivity index (χ1) is 10.7. The van der Waals surface area contributed by atoms with Gasteiger partial charge < -0.3 is 5.11 Å². The summed E-state index contributed by atoms with van der Waals surface area (Å²) in [6.07, 6.45) is 0. The minimum absolute atomic E-state index is 0.0554. The van der Waals surface area contributed by atoms with Crippen LogP contribution in [-0.2, 0) is 18.4 Å². The molecule has 0 aliphatic heterocycles. The Morgan fingerprint density at radius 2 is 1.05 bits per heavy atom. The van der Waals surface area contributed by atoms with Gasteiger partial charge in [-0.3, -0.25) is 0 Å². The van der Waals surface area contributed by atoms with E-state index in [1.165, 1.54) is 10.6 Å². The quantitative estimate of drug-likeness (QED) is 0.745. The molecule has 3 rings (SSSR count). The molecule has 110 valence electrons. The van der Waals surface area contributed by atoms with Gasteiger partial charge in [0.25, 0.3) is 0 Å². The molecule has 0 saturated heterocycles. The third-order valence-electron chi connectivity index (χ3n) is 3.72. The van der Waals surface area contributed by atoms with Gasteiger partial charge in [0, 0.05) is 6.04 Å². The molecule has 22 heavy (non-hydrogen) atoms. The van der Waals surface area contributed by atoms with Crippen molar-refractivity contribution < 1.29 is 5.11 Å². The van der Waals surface area contributed by atoms with E-state index in [0.29, 0.717) is 0 Å².